The maximum Gasteiger partial charge on any atom is 0.253 e. The van der Waals surface area contributed by atoms with E-state index in [-0.39, 0.29) is 23.5 Å². The smallest absolute Gasteiger partial charge is 0.253 e. The van der Waals surface area contributed by atoms with Gasteiger partial charge in [-0.25, -0.2) is 8.42 Å². The lowest BCUT2D eigenvalue weighted by atomic mass is 10.1. The van der Waals surface area contributed by atoms with Crippen LogP contribution in [0.5, 0.6) is 0 Å². The average Bonchev–Trinajstić information content (AvgIpc) is 2.77. The van der Waals surface area contributed by atoms with Crippen LogP contribution < -0.4 is 0 Å². The molecule has 1 aromatic carbocycles. The highest BCUT2D eigenvalue weighted by Gasteiger charge is 2.32. The summed E-state index contributed by atoms with van der Waals surface area (Å²) < 4.78 is 22.9. The van der Waals surface area contributed by atoms with Crippen molar-refractivity contribution in [1.82, 2.24) is 4.90 Å². The number of hydrogen-bond donors (Lipinski definition) is 0. The van der Waals surface area contributed by atoms with E-state index in [0.717, 1.165) is 6.42 Å². The van der Waals surface area contributed by atoms with Gasteiger partial charge in [0.1, 0.15) is 0 Å². The van der Waals surface area contributed by atoms with Crippen molar-refractivity contribution in [2.45, 2.75) is 25.8 Å². The molecule has 1 saturated heterocycles. The van der Waals surface area contributed by atoms with E-state index >= 15 is 0 Å². The molecule has 2 rings (SSSR count). The van der Waals surface area contributed by atoms with Crippen molar-refractivity contribution in [3.05, 3.63) is 35.4 Å². The fraction of sp³-hybridized carbons (Fsp3) is 0.500. The summed E-state index contributed by atoms with van der Waals surface area (Å²) in [4.78, 5) is 13.8. The summed E-state index contributed by atoms with van der Waals surface area (Å²) in [6.07, 6.45) is 1.47. The largest absolute Gasteiger partial charge is 0.338 e. The molecule has 5 heteroatoms. The predicted octanol–water partition coefficient (Wildman–Crippen LogP) is 1.51. The van der Waals surface area contributed by atoms with Gasteiger partial charge in [0.15, 0.2) is 9.84 Å². The van der Waals surface area contributed by atoms with Gasteiger partial charge in [0.25, 0.3) is 5.91 Å². The van der Waals surface area contributed by atoms with Gasteiger partial charge in [0.2, 0.25) is 0 Å². The van der Waals surface area contributed by atoms with Gasteiger partial charge in [-0.15, -0.1) is 0 Å². The normalized spacial score (nSPS) is 21.3. The van der Waals surface area contributed by atoms with Crippen LogP contribution in [0, 0.1) is 0 Å². The molecule has 0 radical (unpaired) electrons. The quantitative estimate of drug-likeness (QED) is 0.844. The number of amides is 1. The molecule has 0 spiro atoms. The molecule has 1 fully saturated rings. The summed E-state index contributed by atoms with van der Waals surface area (Å²) in [5.41, 5.74) is 1.80. The molecular weight excluding hydrogens is 262 g/mol. The Morgan fingerprint density at radius 1 is 1.32 bits per heavy atom. The second-order valence-corrected chi connectivity index (χ2v) is 7.25. The second-order valence-electron chi connectivity index (χ2n) is 5.02. The summed E-state index contributed by atoms with van der Waals surface area (Å²) in [5.74, 6) is 0.163. The molecular formula is C14H19NO3S. The van der Waals surface area contributed by atoms with Gasteiger partial charge in [-0.3, -0.25) is 4.79 Å². The lowest BCUT2D eigenvalue weighted by Crippen LogP contribution is -2.37. The summed E-state index contributed by atoms with van der Waals surface area (Å²) in [5, 5.41) is 0. The van der Waals surface area contributed by atoms with E-state index < -0.39 is 9.84 Å². The molecule has 1 aromatic rings. The Kier molecular flexibility index (Phi) is 3.94. The number of carbonyl (C=O) groups is 1. The van der Waals surface area contributed by atoms with Crippen molar-refractivity contribution >= 4 is 15.7 Å². The molecule has 0 saturated carbocycles. The Balaban J connectivity index is 2.10. The first-order valence-electron chi connectivity index (χ1n) is 6.49. The highest BCUT2D eigenvalue weighted by Crippen LogP contribution is 2.18. The predicted molar refractivity (Wildman–Crippen MR) is 75.0 cm³/mol. The van der Waals surface area contributed by atoms with E-state index in [9.17, 15) is 13.2 Å². The topological polar surface area (TPSA) is 54.5 Å². The van der Waals surface area contributed by atoms with Crippen LogP contribution in [0.1, 0.15) is 29.3 Å². The second kappa shape index (κ2) is 5.33. The van der Waals surface area contributed by atoms with Gasteiger partial charge in [-0.05, 0) is 30.5 Å². The van der Waals surface area contributed by atoms with E-state index in [0.29, 0.717) is 12.0 Å². The minimum absolute atomic E-state index is 0.0856. The van der Waals surface area contributed by atoms with Crippen LogP contribution in [0.4, 0.5) is 0 Å². The van der Waals surface area contributed by atoms with Gasteiger partial charge in [-0.2, -0.15) is 0 Å². The van der Waals surface area contributed by atoms with Crippen LogP contribution in [0.25, 0.3) is 0 Å². The number of carbonyl (C=O) groups excluding carboxylic acids is 1. The Bertz CT molecular complexity index is 563. The average molecular weight is 281 g/mol. The molecule has 0 bridgehead atoms. The van der Waals surface area contributed by atoms with Crippen LogP contribution in [0.15, 0.2) is 24.3 Å². The Morgan fingerprint density at radius 2 is 1.95 bits per heavy atom. The van der Waals surface area contributed by atoms with Gasteiger partial charge in [0.05, 0.1) is 11.5 Å². The maximum absolute atomic E-state index is 12.3. The van der Waals surface area contributed by atoms with E-state index in [1.54, 1.807) is 24.1 Å². The first-order chi connectivity index (χ1) is 8.93. The third-order valence-electron chi connectivity index (χ3n) is 3.69. The highest BCUT2D eigenvalue weighted by atomic mass is 32.2. The zero-order chi connectivity index (χ0) is 14.0. The molecule has 1 amide bonds. The van der Waals surface area contributed by atoms with Gasteiger partial charge < -0.3 is 4.90 Å². The molecule has 0 aromatic heterocycles. The third-order valence-corrected chi connectivity index (χ3v) is 5.44. The van der Waals surface area contributed by atoms with Crippen LogP contribution in [-0.4, -0.2) is 43.8 Å². The summed E-state index contributed by atoms with van der Waals surface area (Å²) >= 11 is 0. The summed E-state index contributed by atoms with van der Waals surface area (Å²) in [6, 6.07) is 7.30. The lowest BCUT2D eigenvalue weighted by molar-refractivity contribution is 0.0747. The van der Waals surface area contributed by atoms with Crippen LogP contribution in [0.3, 0.4) is 0 Å². The standard InChI is InChI=1S/C14H19NO3S/c1-3-11-4-6-12(7-5-11)14(16)15(2)13-8-9-19(17,18)10-13/h4-7,13H,3,8-10H2,1-2H3/t13-/m0/s1. The monoisotopic (exact) mass is 281 g/mol. The van der Waals surface area contributed by atoms with Crippen molar-refractivity contribution in [2.75, 3.05) is 18.6 Å². The van der Waals surface area contributed by atoms with E-state index in [2.05, 4.69) is 6.92 Å². The lowest BCUT2D eigenvalue weighted by Gasteiger charge is -2.23. The zero-order valence-corrected chi connectivity index (χ0v) is 12.1. The van der Waals surface area contributed by atoms with E-state index in [1.165, 1.54) is 5.56 Å². The number of benzene rings is 1. The summed E-state index contributed by atoms with van der Waals surface area (Å²) in [6.45, 7) is 2.06. The first kappa shape index (κ1) is 14.1. The van der Waals surface area contributed by atoms with Gasteiger partial charge in [-0.1, -0.05) is 19.1 Å². The molecule has 1 aliphatic heterocycles. The Labute approximate surface area is 114 Å². The molecule has 0 aliphatic carbocycles. The molecule has 0 N–H and O–H groups in total. The van der Waals surface area contributed by atoms with Crippen molar-refractivity contribution in [1.29, 1.82) is 0 Å². The van der Waals surface area contributed by atoms with E-state index in [4.69, 9.17) is 0 Å². The number of hydrogen-bond acceptors (Lipinski definition) is 3. The molecule has 1 atom stereocenters. The van der Waals surface area contributed by atoms with Gasteiger partial charge >= 0.3 is 0 Å². The fourth-order valence-corrected chi connectivity index (χ4v) is 4.11. The van der Waals surface area contributed by atoms with Crippen molar-refractivity contribution in [3.63, 3.8) is 0 Å². The zero-order valence-electron chi connectivity index (χ0n) is 11.3. The number of aryl methyl sites for hydroxylation is 1. The fourth-order valence-electron chi connectivity index (χ4n) is 2.33. The molecule has 1 aliphatic rings. The molecule has 19 heavy (non-hydrogen) atoms. The Morgan fingerprint density at radius 3 is 2.42 bits per heavy atom. The highest BCUT2D eigenvalue weighted by molar-refractivity contribution is 7.91. The van der Waals surface area contributed by atoms with Crippen LogP contribution in [-0.2, 0) is 16.3 Å². The molecule has 1 heterocycles. The van der Waals surface area contributed by atoms with Crippen LogP contribution in [0.2, 0.25) is 0 Å². The van der Waals surface area contributed by atoms with E-state index in [1.807, 2.05) is 12.1 Å². The van der Waals surface area contributed by atoms with Crippen molar-refractivity contribution in [3.8, 4) is 0 Å². The molecule has 4 nitrogen and oxygen atoms in total. The first-order valence-corrected chi connectivity index (χ1v) is 8.31. The number of rotatable bonds is 3. The van der Waals surface area contributed by atoms with Crippen LogP contribution >= 0.6 is 0 Å². The number of sulfone groups is 1. The van der Waals surface area contributed by atoms with Crippen molar-refractivity contribution in [2.24, 2.45) is 0 Å². The maximum atomic E-state index is 12.3. The summed E-state index contributed by atoms with van der Waals surface area (Å²) in [7, 11) is -1.28. The minimum Gasteiger partial charge on any atom is -0.338 e. The third kappa shape index (κ3) is 3.15. The SMILES string of the molecule is CCc1ccc(C(=O)N(C)[C@H]2CCS(=O)(=O)C2)cc1. The Hall–Kier alpha value is -1.36. The number of nitrogens with zero attached hydrogens (tertiary/aromatic N) is 1. The van der Waals surface area contributed by atoms with Gasteiger partial charge in [0, 0.05) is 18.7 Å². The minimum atomic E-state index is -2.96. The molecule has 0 unspecified atom stereocenters. The molecule has 104 valence electrons. The van der Waals surface area contributed by atoms with Crippen molar-refractivity contribution < 1.29 is 13.2 Å².